The van der Waals surface area contributed by atoms with Gasteiger partial charge in [0, 0.05) is 0 Å². The molecule has 0 aliphatic rings. The van der Waals surface area contributed by atoms with Crippen LogP contribution in [-0.2, 0) is 6.42 Å². The van der Waals surface area contributed by atoms with Crippen molar-refractivity contribution in [3.8, 4) is 0 Å². The first-order chi connectivity index (χ1) is 11.1. The van der Waals surface area contributed by atoms with E-state index in [2.05, 4.69) is 76.2 Å². The molecular formula is C23H36. The Morgan fingerprint density at radius 3 is 1.78 bits per heavy atom. The van der Waals surface area contributed by atoms with E-state index in [9.17, 15) is 0 Å². The normalized spacial score (nSPS) is 11.0. The molecule has 0 aliphatic carbocycles. The van der Waals surface area contributed by atoms with E-state index < -0.39 is 0 Å². The molecule has 0 fully saturated rings. The zero-order valence-electron chi connectivity index (χ0n) is 16.5. The predicted octanol–water partition coefficient (Wildman–Crippen LogP) is 7.34. The van der Waals surface area contributed by atoms with Gasteiger partial charge in [-0.3, -0.25) is 0 Å². The number of hydrogen-bond donors (Lipinski definition) is 0. The molecule has 0 N–H and O–H groups in total. The number of aryl methyl sites for hydroxylation is 2. The highest BCUT2D eigenvalue weighted by Gasteiger charge is 2.16. The summed E-state index contributed by atoms with van der Waals surface area (Å²) < 4.78 is 0. The molecule has 23 heavy (non-hydrogen) atoms. The summed E-state index contributed by atoms with van der Waals surface area (Å²) in [6.07, 6.45) is 1.13. The minimum atomic E-state index is 0.600. The number of rotatable bonds is 4. The van der Waals surface area contributed by atoms with Crippen LogP contribution in [0.2, 0.25) is 0 Å². The second-order valence-corrected chi connectivity index (χ2v) is 5.88. The van der Waals surface area contributed by atoms with E-state index in [1.807, 2.05) is 27.7 Å². The van der Waals surface area contributed by atoms with Crippen LogP contribution < -0.4 is 0 Å². The van der Waals surface area contributed by atoms with Gasteiger partial charge in [0.15, 0.2) is 0 Å². The zero-order valence-corrected chi connectivity index (χ0v) is 16.5. The van der Waals surface area contributed by atoms with Crippen molar-refractivity contribution in [2.24, 2.45) is 5.92 Å². The van der Waals surface area contributed by atoms with Crippen LogP contribution >= 0.6 is 0 Å². The summed E-state index contributed by atoms with van der Waals surface area (Å²) in [5, 5.41) is 0. The molecule has 0 aliphatic heterocycles. The highest BCUT2D eigenvalue weighted by molar-refractivity contribution is 5.32. The van der Waals surface area contributed by atoms with Crippen LogP contribution in [0.25, 0.3) is 0 Å². The van der Waals surface area contributed by atoms with E-state index >= 15 is 0 Å². The second-order valence-electron chi connectivity index (χ2n) is 5.88. The summed E-state index contributed by atoms with van der Waals surface area (Å²) in [6.45, 7) is 17.0. The fraction of sp³-hybridized carbons (Fsp3) is 0.478. The maximum Gasteiger partial charge on any atom is -0.00984 e. The number of benzene rings is 2. The Labute approximate surface area is 145 Å². The van der Waals surface area contributed by atoms with Crippen molar-refractivity contribution in [1.29, 1.82) is 0 Å². The molecule has 0 spiro atoms. The molecule has 2 aromatic carbocycles. The van der Waals surface area contributed by atoms with Crippen LogP contribution in [0, 0.1) is 19.8 Å². The summed E-state index contributed by atoms with van der Waals surface area (Å²) in [4.78, 5) is 0. The standard InChI is InChI=1S/C19H24.2C2H6/c1-14(2)19(18-8-6-5-7-9-18)13-17-11-10-15(3)16(4)12-17;2*1-2/h5-12,14,19H,13H2,1-4H3;2*1-2H3. The molecule has 128 valence electrons. The average molecular weight is 313 g/mol. The van der Waals surface area contributed by atoms with Crippen LogP contribution in [0.4, 0.5) is 0 Å². The minimum absolute atomic E-state index is 0.600. The third-order valence-corrected chi connectivity index (χ3v) is 4.06. The molecule has 2 rings (SSSR count). The van der Waals surface area contributed by atoms with Crippen LogP contribution in [0.3, 0.4) is 0 Å². The molecule has 1 unspecified atom stereocenters. The Hall–Kier alpha value is -1.56. The summed E-state index contributed by atoms with van der Waals surface area (Å²) in [7, 11) is 0. The van der Waals surface area contributed by atoms with Crippen LogP contribution in [-0.4, -0.2) is 0 Å². The monoisotopic (exact) mass is 312 g/mol. The van der Waals surface area contributed by atoms with Crippen molar-refractivity contribution in [2.45, 2.75) is 67.7 Å². The van der Waals surface area contributed by atoms with Gasteiger partial charge in [-0.1, -0.05) is 90.1 Å². The number of hydrogen-bond acceptors (Lipinski definition) is 0. The van der Waals surface area contributed by atoms with Crippen molar-refractivity contribution in [1.82, 2.24) is 0 Å². The smallest absolute Gasteiger partial charge is 0.00984 e. The van der Waals surface area contributed by atoms with Crippen molar-refractivity contribution >= 4 is 0 Å². The minimum Gasteiger partial charge on any atom is -0.0683 e. The summed E-state index contributed by atoms with van der Waals surface area (Å²) in [5.74, 6) is 1.26. The molecule has 0 bridgehead atoms. The highest BCUT2D eigenvalue weighted by Crippen LogP contribution is 2.28. The molecule has 1 atom stereocenters. The third-order valence-electron chi connectivity index (χ3n) is 4.06. The Bertz CT molecular complexity index is 523. The van der Waals surface area contributed by atoms with Crippen molar-refractivity contribution in [2.75, 3.05) is 0 Å². The van der Waals surface area contributed by atoms with Gasteiger partial charge in [-0.2, -0.15) is 0 Å². The summed E-state index contributed by atoms with van der Waals surface area (Å²) in [5.41, 5.74) is 5.68. The van der Waals surface area contributed by atoms with Gasteiger partial charge >= 0.3 is 0 Å². The molecule has 0 saturated carbocycles. The molecule has 0 aromatic heterocycles. The van der Waals surface area contributed by atoms with Gasteiger partial charge in [0.05, 0.1) is 0 Å². The van der Waals surface area contributed by atoms with Gasteiger partial charge in [0.25, 0.3) is 0 Å². The fourth-order valence-electron chi connectivity index (χ4n) is 2.62. The highest BCUT2D eigenvalue weighted by atomic mass is 14.2. The van der Waals surface area contributed by atoms with Gasteiger partial charge < -0.3 is 0 Å². The Morgan fingerprint density at radius 1 is 0.739 bits per heavy atom. The first kappa shape index (κ1) is 21.4. The third kappa shape index (κ3) is 7.03. The van der Waals surface area contributed by atoms with E-state index in [4.69, 9.17) is 0 Å². The lowest BCUT2D eigenvalue weighted by Gasteiger charge is -2.22. The fourth-order valence-corrected chi connectivity index (χ4v) is 2.62. The van der Waals surface area contributed by atoms with Crippen molar-refractivity contribution in [3.05, 3.63) is 70.8 Å². The van der Waals surface area contributed by atoms with Crippen molar-refractivity contribution in [3.63, 3.8) is 0 Å². The quantitative estimate of drug-likeness (QED) is 0.554. The molecule has 0 amide bonds. The Morgan fingerprint density at radius 2 is 1.30 bits per heavy atom. The maximum absolute atomic E-state index is 2.34. The molecule has 0 nitrogen and oxygen atoms in total. The van der Waals surface area contributed by atoms with Crippen LogP contribution in [0.15, 0.2) is 48.5 Å². The maximum atomic E-state index is 2.34. The van der Waals surface area contributed by atoms with Crippen LogP contribution in [0.1, 0.15) is 69.7 Å². The van der Waals surface area contributed by atoms with Gasteiger partial charge in [-0.25, -0.2) is 0 Å². The first-order valence-electron chi connectivity index (χ1n) is 9.19. The van der Waals surface area contributed by atoms with Gasteiger partial charge in [-0.15, -0.1) is 0 Å². The topological polar surface area (TPSA) is 0 Å². The lowest BCUT2D eigenvalue weighted by Crippen LogP contribution is -2.10. The van der Waals surface area contributed by atoms with E-state index in [0.29, 0.717) is 11.8 Å². The van der Waals surface area contributed by atoms with Crippen LogP contribution in [0.5, 0.6) is 0 Å². The molecule has 0 saturated heterocycles. The first-order valence-corrected chi connectivity index (χ1v) is 9.19. The second kappa shape index (κ2) is 11.9. The Balaban J connectivity index is 0.00000112. The molecular weight excluding hydrogens is 276 g/mol. The average Bonchev–Trinajstić information content (AvgIpc) is 2.60. The van der Waals surface area contributed by atoms with Crippen molar-refractivity contribution < 1.29 is 0 Å². The largest absolute Gasteiger partial charge is 0.0683 e. The lowest BCUT2D eigenvalue weighted by atomic mass is 9.83. The predicted molar refractivity (Wildman–Crippen MR) is 106 cm³/mol. The van der Waals surface area contributed by atoms with Gasteiger partial charge in [0.1, 0.15) is 0 Å². The lowest BCUT2D eigenvalue weighted by molar-refractivity contribution is 0.495. The van der Waals surface area contributed by atoms with Gasteiger partial charge in [0.2, 0.25) is 0 Å². The summed E-state index contributed by atoms with van der Waals surface area (Å²) in [6, 6.07) is 17.8. The molecule has 2 aromatic rings. The molecule has 0 radical (unpaired) electrons. The molecule has 0 heterocycles. The van der Waals surface area contributed by atoms with E-state index in [-0.39, 0.29) is 0 Å². The Kier molecular flexibility index (Phi) is 11.1. The van der Waals surface area contributed by atoms with E-state index in [1.54, 1.807) is 0 Å². The zero-order chi connectivity index (χ0) is 17.8. The van der Waals surface area contributed by atoms with E-state index in [1.165, 1.54) is 22.3 Å². The SMILES string of the molecule is CC.CC.Cc1ccc(CC(c2ccccc2)C(C)C)cc1C. The van der Waals surface area contributed by atoms with Gasteiger partial charge in [-0.05, 0) is 54.4 Å². The van der Waals surface area contributed by atoms with E-state index in [0.717, 1.165) is 6.42 Å². The summed E-state index contributed by atoms with van der Waals surface area (Å²) >= 11 is 0. The molecule has 0 heteroatoms.